The largest absolute Gasteiger partial charge is 0.491 e. The molecule has 3 aromatic rings. The van der Waals surface area contributed by atoms with Crippen LogP contribution in [0.25, 0.3) is 11.0 Å². The van der Waals surface area contributed by atoms with Gasteiger partial charge in [-0.3, -0.25) is 19.1 Å². The molecule has 6 rings (SSSR count). The third-order valence-electron chi connectivity index (χ3n) is 8.26. The van der Waals surface area contributed by atoms with Gasteiger partial charge in [0.1, 0.15) is 23.8 Å². The fraction of sp³-hybridized carbons (Fsp3) is 0.464. The number of hydrogen-bond donors (Lipinski definition) is 2. The number of anilines is 1. The molecule has 1 aromatic carbocycles. The number of fused-ring (bicyclic) bond motifs is 3. The minimum atomic E-state index is -2.92. The molecular formula is C28H30F2N4O5. The molecule has 1 spiro atoms. The number of pyridine rings is 2. The SMILES string of the molecule is C[C@]1(O)C[C@@H](n2c(=O)ccc3cc(OCCN4CCC5(CC4)C(=O)Nc4ccc(OC(F)F)cc45)cnc32)C1. The van der Waals surface area contributed by atoms with E-state index in [2.05, 4.69) is 19.9 Å². The molecule has 0 bridgehead atoms. The second-order valence-corrected chi connectivity index (χ2v) is 11.0. The molecule has 2 N–H and O–H groups in total. The Morgan fingerprint density at radius 1 is 1.13 bits per heavy atom. The van der Waals surface area contributed by atoms with Crippen LogP contribution in [0.2, 0.25) is 0 Å². The molecule has 2 aliphatic heterocycles. The number of nitrogens with one attached hydrogen (secondary N) is 1. The first-order valence-electron chi connectivity index (χ1n) is 13.1. The van der Waals surface area contributed by atoms with Crippen molar-refractivity contribution in [2.45, 2.75) is 56.3 Å². The Bertz CT molecular complexity index is 1470. The lowest BCUT2D eigenvalue weighted by Crippen LogP contribution is -2.47. The van der Waals surface area contributed by atoms with Gasteiger partial charge in [0.25, 0.3) is 5.56 Å². The van der Waals surface area contributed by atoms with Crippen LogP contribution in [0, 0.1) is 0 Å². The molecule has 2 aromatic heterocycles. The number of rotatable bonds is 7. The number of aliphatic hydroxyl groups is 1. The fourth-order valence-corrected chi connectivity index (χ4v) is 6.21. The summed E-state index contributed by atoms with van der Waals surface area (Å²) in [5, 5.41) is 13.8. The maximum Gasteiger partial charge on any atom is 0.387 e. The summed E-state index contributed by atoms with van der Waals surface area (Å²) in [6.07, 6.45) is 3.77. The number of alkyl halides is 2. The lowest BCUT2D eigenvalue weighted by atomic mass is 9.73. The number of piperidine rings is 1. The molecule has 1 amide bonds. The third kappa shape index (κ3) is 4.74. The Morgan fingerprint density at radius 3 is 2.62 bits per heavy atom. The Balaban J connectivity index is 1.07. The van der Waals surface area contributed by atoms with E-state index < -0.39 is 17.6 Å². The molecular weight excluding hydrogens is 510 g/mol. The normalized spacial score (nSPS) is 24.0. The van der Waals surface area contributed by atoms with Crippen molar-refractivity contribution in [3.63, 3.8) is 0 Å². The number of aromatic nitrogens is 2. The van der Waals surface area contributed by atoms with E-state index in [-0.39, 0.29) is 23.3 Å². The quantitative estimate of drug-likeness (QED) is 0.473. The van der Waals surface area contributed by atoms with Crippen LogP contribution in [-0.2, 0) is 10.2 Å². The minimum absolute atomic E-state index is 0.0519. The van der Waals surface area contributed by atoms with Crippen molar-refractivity contribution in [3.8, 4) is 11.5 Å². The van der Waals surface area contributed by atoms with Crippen molar-refractivity contribution in [3.05, 3.63) is 58.5 Å². The van der Waals surface area contributed by atoms with E-state index >= 15 is 0 Å². The summed E-state index contributed by atoms with van der Waals surface area (Å²) >= 11 is 0. The van der Waals surface area contributed by atoms with Crippen LogP contribution >= 0.6 is 0 Å². The minimum Gasteiger partial charge on any atom is -0.491 e. The van der Waals surface area contributed by atoms with E-state index in [1.807, 2.05) is 6.07 Å². The van der Waals surface area contributed by atoms with Crippen molar-refractivity contribution >= 4 is 22.6 Å². The van der Waals surface area contributed by atoms with Gasteiger partial charge in [-0.2, -0.15) is 8.78 Å². The van der Waals surface area contributed by atoms with Gasteiger partial charge in [0, 0.05) is 29.7 Å². The summed E-state index contributed by atoms with van der Waals surface area (Å²) in [6.45, 7) is 1.22. The monoisotopic (exact) mass is 540 g/mol. The number of amides is 1. The zero-order chi connectivity index (χ0) is 27.4. The van der Waals surface area contributed by atoms with Gasteiger partial charge in [0.15, 0.2) is 0 Å². The molecule has 11 heteroatoms. The Labute approximate surface area is 223 Å². The van der Waals surface area contributed by atoms with Gasteiger partial charge < -0.3 is 19.9 Å². The van der Waals surface area contributed by atoms with Crippen LogP contribution in [0.5, 0.6) is 11.5 Å². The first kappa shape index (κ1) is 25.7. The molecule has 206 valence electrons. The second-order valence-electron chi connectivity index (χ2n) is 11.0. The molecule has 3 aliphatic rings. The molecule has 0 radical (unpaired) electrons. The van der Waals surface area contributed by atoms with Crippen LogP contribution in [0.4, 0.5) is 14.5 Å². The molecule has 0 atom stereocenters. The van der Waals surface area contributed by atoms with E-state index in [0.717, 1.165) is 5.39 Å². The van der Waals surface area contributed by atoms with Crippen LogP contribution in [0.15, 0.2) is 47.4 Å². The lowest BCUT2D eigenvalue weighted by molar-refractivity contribution is -0.122. The summed E-state index contributed by atoms with van der Waals surface area (Å²) in [5.41, 5.74) is 0.306. The van der Waals surface area contributed by atoms with Gasteiger partial charge in [-0.1, -0.05) is 0 Å². The summed E-state index contributed by atoms with van der Waals surface area (Å²) < 4.78 is 37.6. The number of likely N-dealkylation sites (tertiary alicyclic amines) is 1. The number of halogens is 2. The van der Waals surface area contributed by atoms with Crippen LogP contribution in [0.1, 0.15) is 44.2 Å². The molecule has 4 heterocycles. The number of benzene rings is 1. The number of hydrogen-bond acceptors (Lipinski definition) is 7. The number of carbonyl (C=O) groups excluding carboxylic acids is 1. The van der Waals surface area contributed by atoms with Crippen molar-refractivity contribution in [1.82, 2.24) is 14.5 Å². The molecule has 1 saturated carbocycles. The highest BCUT2D eigenvalue weighted by Gasteiger charge is 2.48. The summed E-state index contributed by atoms with van der Waals surface area (Å²) in [4.78, 5) is 32.1. The second kappa shape index (κ2) is 9.56. The van der Waals surface area contributed by atoms with E-state index in [1.54, 1.807) is 35.9 Å². The summed E-state index contributed by atoms with van der Waals surface area (Å²) in [6, 6.07) is 9.65. The van der Waals surface area contributed by atoms with E-state index in [1.165, 1.54) is 12.1 Å². The van der Waals surface area contributed by atoms with E-state index in [0.29, 0.717) is 74.6 Å². The lowest BCUT2D eigenvalue weighted by Gasteiger charge is -2.41. The Kier molecular flexibility index (Phi) is 6.30. The van der Waals surface area contributed by atoms with Gasteiger partial charge in [-0.05, 0) is 81.6 Å². The Hall–Kier alpha value is -3.57. The highest BCUT2D eigenvalue weighted by Crippen LogP contribution is 2.46. The van der Waals surface area contributed by atoms with Crippen molar-refractivity contribution < 1.29 is 28.2 Å². The fourth-order valence-electron chi connectivity index (χ4n) is 6.21. The molecule has 9 nitrogen and oxygen atoms in total. The maximum atomic E-state index is 12.9. The molecule has 1 aliphatic carbocycles. The van der Waals surface area contributed by atoms with Gasteiger partial charge in [-0.25, -0.2) is 4.98 Å². The van der Waals surface area contributed by atoms with Crippen molar-refractivity contribution in [2.75, 3.05) is 31.6 Å². The number of nitrogens with zero attached hydrogens (tertiary/aromatic N) is 3. The van der Waals surface area contributed by atoms with Gasteiger partial charge in [0.2, 0.25) is 5.91 Å². The summed E-state index contributed by atoms with van der Waals surface area (Å²) in [5.74, 6) is 0.544. The maximum absolute atomic E-state index is 12.9. The van der Waals surface area contributed by atoms with Crippen molar-refractivity contribution in [1.29, 1.82) is 0 Å². The van der Waals surface area contributed by atoms with Crippen molar-refractivity contribution in [2.24, 2.45) is 0 Å². The standard InChI is InChI=1S/C28H30F2N4O5/c1-27(37)14-18(15-27)34-23(35)5-2-17-12-20(16-31-24(17)34)38-11-10-33-8-6-28(7-9-33)21-13-19(39-26(29)30)3-4-22(21)32-25(28)36/h2-5,12-13,16,18,26,37H,6-11,14-15H2,1H3,(H,32,36)/t18-,27+. The number of ether oxygens (including phenoxy) is 2. The molecule has 0 unspecified atom stereocenters. The van der Waals surface area contributed by atoms with E-state index in [9.17, 15) is 23.5 Å². The van der Waals surface area contributed by atoms with E-state index in [4.69, 9.17) is 4.74 Å². The molecule has 39 heavy (non-hydrogen) atoms. The van der Waals surface area contributed by atoms with Gasteiger partial charge in [-0.15, -0.1) is 0 Å². The predicted octanol–water partition coefficient (Wildman–Crippen LogP) is 3.45. The van der Waals surface area contributed by atoms with Gasteiger partial charge >= 0.3 is 6.61 Å². The third-order valence-corrected chi connectivity index (χ3v) is 8.26. The van der Waals surface area contributed by atoms with Crippen LogP contribution in [0.3, 0.4) is 0 Å². The molecule has 2 fully saturated rings. The zero-order valence-corrected chi connectivity index (χ0v) is 21.5. The predicted molar refractivity (Wildman–Crippen MR) is 139 cm³/mol. The highest BCUT2D eigenvalue weighted by molar-refractivity contribution is 6.06. The van der Waals surface area contributed by atoms with Crippen LogP contribution < -0.4 is 20.3 Å². The average molecular weight is 541 g/mol. The highest BCUT2D eigenvalue weighted by atomic mass is 19.3. The van der Waals surface area contributed by atoms with Crippen LogP contribution in [-0.4, -0.2) is 63.9 Å². The zero-order valence-electron chi connectivity index (χ0n) is 21.5. The topological polar surface area (TPSA) is 106 Å². The summed E-state index contributed by atoms with van der Waals surface area (Å²) in [7, 11) is 0. The Morgan fingerprint density at radius 2 is 1.90 bits per heavy atom. The van der Waals surface area contributed by atoms with Gasteiger partial charge in [0.05, 0.1) is 17.2 Å². The first-order valence-corrected chi connectivity index (χ1v) is 13.1. The average Bonchev–Trinajstić information content (AvgIpc) is 3.14. The number of carbonyl (C=O) groups is 1. The first-order chi connectivity index (χ1) is 18.6. The molecule has 1 saturated heterocycles. The smallest absolute Gasteiger partial charge is 0.387 e.